The monoisotopic (exact) mass is 301 g/mol. The number of hydrogen-bond acceptors (Lipinski definition) is 4. The second-order valence-electron chi connectivity index (χ2n) is 5.40. The first kappa shape index (κ1) is 14.5. The lowest BCUT2D eigenvalue weighted by Gasteiger charge is -2.30. The molecule has 0 aromatic carbocycles. The van der Waals surface area contributed by atoms with Gasteiger partial charge in [0.25, 0.3) is 0 Å². The molecule has 3 rings (SSSR count). The minimum Gasteiger partial charge on any atom is -0.391 e. The fraction of sp³-hybridized carbons (Fsp3) is 0.400. The number of aromatic nitrogens is 3. The maximum Gasteiger partial charge on any atom is 0.317 e. The van der Waals surface area contributed by atoms with E-state index in [4.69, 9.17) is 0 Å². The molecule has 2 amide bonds. The van der Waals surface area contributed by atoms with E-state index in [0.717, 1.165) is 24.2 Å². The minimum absolute atomic E-state index is 0.141. The van der Waals surface area contributed by atoms with Crippen molar-refractivity contribution in [2.75, 3.05) is 13.1 Å². The van der Waals surface area contributed by atoms with Gasteiger partial charge in [0, 0.05) is 38.2 Å². The topological polar surface area (TPSA) is 83.3 Å². The predicted octanol–water partition coefficient (Wildman–Crippen LogP) is 0.934. The number of nitrogens with one attached hydrogen (secondary N) is 1. The number of carbonyl (C=O) groups is 1. The van der Waals surface area contributed by atoms with Crippen LogP contribution < -0.4 is 5.32 Å². The molecule has 22 heavy (non-hydrogen) atoms. The molecule has 1 aliphatic heterocycles. The third-order valence-corrected chi connectivity index (χ3v) is 3.71. The fourth-order valence-corrected chi connectivity index (χ4v) is 2.50. The first-order chi connectivity index (χ1) is 10.7. The molecule has 0 spiro atoms. The number of piperidine rings is 1. The summed E-state index contributed by atoms with van der Waals surface area (Å²) in [5, 5.41) is 12.5. The smallest absolute Gasteiger partial charge is 0.317 e. The lowest BCUT2D eigenvalue weighted by Crippen LogP contribution is -2.46. The third-order valence-electron chi connectivity index (χ3n) is 3.71. The van der Waals surface area contributed by atoms with Gasteiger partial charge in [0.2, 0.25) is 0 Å². The van der Waals surface area contributed by atoms with Gasteiger partial charge in [0.1, 0.15) is 12.1 Å². The van der Waals surface area contributed by atoms with Gasteiger partial charge in [0.05, 0.1) is 6.10 Å². The highest BCUT2D eigenvalue weighted by Crippen LogP contribution is 2.10. The minimum atomic E-state index is -0.407. The molecule has 3 heterocycles. The van der Waals surface area contributed by atoms with Crippen LogP contribution in [0.1, 0.15) is 18.4 Å². The van der Waals surface area contributed by atoms with Crippen LogP contribution in [0.5, 0.6) is 0 Å². The maximum atomic E-state index is 12.0. The Balaban J connectivity index is 1.54. The molecule has 7 heteroatoms. The van der Waals surface area contributed by atoms with E-state index in [1.165, 1.54) is 0 Å². The predicted molar refractivity (Wildman–Crippen MR) is 80.4 cm³/mol. The summed E-state index contributed by atoms with van der Waals surface area (Å²) < 4.78 is 1.82. The van der Waals surface area contributed by atoms with E-state index in [9.17, 15) is 9.90 Å². The number of aliphatic hydroxyl groups excluding tert-OH is 1. The molecule has 1 atom stereocenters. The van der Waals surface area contributed by atoms with Crippen molar-refractivity contribution in [1.82, 2.24) is 24.8 Å². The average Bonchev–Trinajstić information content (AvgIpc) is 3.07. The molecule has 2 aromatic heterocycles. The molecule has 2 N–H and O–H groups in total. The first-order valence-electron chi connectivity index (χ1n) is 7.36. The van der Waals surface area contributed by atoms with Crippen molar-refractivity contribution in [1.29, 1.82) is 0 Å². The Kier molecular flexibility index (Phi) is 4.34. The Morgan fingerprint density at radius 3 is 3.05 bits per heavy atom. The molecular weight excluding hydrogens is 282 g/mol. The zero-order chi connectivity index (χ0) is 15.4. The number of pyridine rings is 1. The van der Waals surface area contributed by atoms with E-state index in [1.54, 1.807) is 23.6 Å². The summed E-state index contributed by atoms with van der Waals surface area (Å²) in [5.74, 6) is 0.784. The summed E-state index contributed by atoms with van der Waals surface area (Å²) >= 11 is 0. The summed E-state index contributed by atoms with van der Waals surface area (Å²) in [6.07, 6.45) is 8.15. The van der Waals surface area contributed by atoms with Crippen LogP contribution in [0.3, 0.4) is 0 Å². The quantitative estimate of drug-likeness (QED) is 0.883. The number of rotatable bonds is 3. The number of hydrogen-bond donors (Lipinski definition) is 2. The molecule has 2 aromatic rings. The van der Waals surface area contributed by atoms with E-state index in [2.05, 4.69) is 15.3 Å². The second kappa shape index (κ2) is 6.57. The molecule has 0 aliphatic carbocycles. The molecule has 7 nitrogen and oxygen atoms in total. The van der Waals surface area contributed by atoms with E-state index < -0.39 is 6.10 Å². The average molecular weight is 301 g/mol. The highest BCUT2D eigenvalue weighted by Gasteiger charge is 2.21. The van der Waals surface area contributed by atoms with Gasteiger partial charge in [-0.3, -0.25) is 4.57 Å². The van der Waals surface area contributed by atoms with Crippen LogP contribution in [0, 0.1) is 0 Å². The Hall–Kier alpha value is -2.41. The molecule has 1 unspecified atom stereocenters. The Morgan fingerprint density at radius 1 is 1.45 bits per heavy atom. The van der Waals surface area contributed by atoms with Crippen LogP contribution in [-0.2, 0) is 6.54 Å². The number of β-amino-alcohol motifs (C(OH)–C–C–N with tert-alkyl or cyclic N) is 1. The van der Waals surface area contributed by atoms with Gasteiger partial charge in [-0.25, -0.2) is 14.8 Å². The van der Waals surface area contributed by atoms with Crippen molar-refractivity contribution in [3.05, 3.63) is 42.6 Å². The lowest BCUT2D eigenvalue weighted by atomic mass is 10.1. The normalized spacial score (nSPS) is 18.2. The molecule has 1 aliphatic rings. The zero-order valence-corrected chi connectivity index (χ0v) is 12.2. The highest BCUT2D eigenvalue weighted by molar-refractivity contribution is 5.74. The molecular formula is C15H19N5O2. The van der Waals surface area contributed by atoms with Crippen molar-refractivity contribution in [3.63, 3.8) is 0 Å². The van der Waals surface area contributed by atoms with Gasteiger partial charge in [-0.05, 0) is 24.5 Å². The lowest BCUT2D eigenvalue weighted by molar-refractivity contribution is 0.0842. The van der Waals surface area contributed by atoms with Crippen molar-refractivity contribution in [2.24, 2.45) is 0 Å². The van der Waals surface area contributed by atoms with Crippen molar-refractivity contribution >= 4 is 6.03 Å². The van der Waals surface area contributed by atoms with Crippen LogP contribution in [0.4, 0.5) is 4.79 Å². The summed E-state index contributed by atoms with van der Waals surface area (Å²) in [5.41, 5.74) is 0.926. The SMILES string of the molecule is O=C(NCc1ccc(-n2ccnc2)nc1)N1CCCC(O)C1. The van der Waals surface area contributed by atoms with E-state index in [1.807, 2.05) is 22.9 Å². The standard InChI is InChI=1S/C15H19N5O2/c21-13-2-1-6-19(10-13)15(22)18-9-12-3-4-14(17-8-12)20-7-5-16-11-20/h3-5,7-8,11,13,21H,1-2,6,9-10H2,(H,18,22). The summed E-state index contributed by atoms with van der Waals surface area (Å²) in [7, 11) is 0. The number of imidazole rings is 1. The van der Waals surface area contributed by atoms with Crippen molar-refractivity contribution < 1.29 is 9.90 Å². The van der Waals surface area contributed by atoms with E-state index in [-0.39, 0.29) is 6.03 Å². The van der Waals surface area contributed by atoms with E-state index >= 15 is 0 Å². The highest BCUT2D eigenvalue weighted by atomic mass is 16.3. The van der Waals surface area contributed by atoms with Crippen LogP contribution in [0.25, 0.3) is 5.82 Å². The number of aliphatic hydroxyl groups is 1. The summed E-state index contributed by atoms with van der Waals surface area (Å²) in [6, 6.07) is 3.67. The molecule has 116 valence electrons. The Morgan fingerprint density at radius 2 is 2.36 bits per heavy atom. The van der Waals surface area contributed by atoms with Crippen molar-refractivity contribution in [3.8, 4) is 5.82 Å². The largest absolute Gasteiger partial charge is 0.391 e. The molecule has 0 saturated carbocycles. The van der Waals surface area contributed by atoms with Crippen molar-refractivity contribution in [2.45, 2.75) is 25.5 Å². The Bertz CT molecular complexity index is 611. The fourth-order valence-electron chi connectivity index (χ4n) is 2.50. The van der Waals surface area contributed by atoms with Gasteiger partial charge in [-0.15, -0.1) is 0 Å². The van der Waals surface area contributed by atoms with Gasteiger partial charge in [-0.1, -0.05) is 6.07 Å². The van der Waals surface area contributed by atoms with E-state index in [0.29, 0.717) is 19.6 Å². The number of amides is 2. The number of carbonyl (C=O) groups excluding carboxylic acids is 1. The maximum absolute atomic E-state index is 12.0. The number of nitrogens with zero attached hydrogens (tertiary/aromatic N) is 4. The first-order valence-corrected chi connectivity index (χ1v) is 7.36. The van der Waals surface area contributed by atoms with Gasteiger partial charge in [0.15, 0.2) is 0 Å². The summed E-state index contributed by atoms with van der Waals surface area (Å²) in [6.45, 7) is 1.52. The van der Waals surface area contributed by atoms with Gasteiger partial charge < -0.3 is 15.3 Å². The van der Waals surface area contributed by atoms with Crippen LogP contribution in [0.2, 0.25) is 0 Å². The second-order valence-corrected chi connectivity index (χ2v) is 5.40. The Labute approximate surface area is 128 Å². The van der Waals surface area contributed by atoms with Gasteiger partial charge >= 0.3 is 6.03 Å². The van der Waals surface area contributed by atoms with Crippen LogP contribution >= 0.6 is 0 Å². The summed E-state index contributed by atoms with van der Waals surface area (Å²) in [4.78, 5) is 22.0. The molecule has 0 radical (unpaired) electrons. The number of urea groups is 1. The number of likely N-dealkylation sites (tertiary alicyclic amines) is 1. The molecule has 1 saturated heterocycles. The molecule has 0 bridgehead atoms. The van der Waals surface area contributed by atoms with Crippen LogP contribution in [-0.4, -0.2) is 49.8 Å². The zero-order valence-electron chi connectivity index (χ0n) is 12.2. The third kappa shape index (κ3) is 3.43. The molecule has 1 fully saturated rings. The van der Waals surface area contributed by atoms with Crippen LogP contribution in [0.15, 0.2) is 37.1 Å². The van der Waals surface area contributed by atoms with Gasteiger partial charge in [-0.2, -0.15) is 0 Å².